The molecule has 0 aliphatic rings. The predicted molar refractivity (Wildman–Crippen MR) is 73.4 cm³/mol. The van der Waals surface area contributed by atoms with Gasteiger partial charge in [0.15, 0.2) is 5.69 Å². The Labute approximate surface area is 121 Å². The topological polar surface area (TPSA) is 101 Å². The summed E-state index contributed by atoms with van der Waals surface area (Å²) in [5.74, 6) is -0.308. The van der Waals surface area contributed by atoms with Gasteiger partial charge in [-0.15, -0.1) is 5.10 Å². The number of ether oxygens (including phenoxy) is 1. The predicted octanol–water partition coefficient (Wildman–Crippen LogP) is 1.87. The lowest BCUT2D eigenvalue weighted by Gasteiger charge is -2.11. The van der Waals surface area contributed by atoms with E-state index in [1.54, 1.807) is 18.2 Å². The van der Waals surface area contributed by atoms with Crippen molar-refractivity contribution in [2.24, 2.45) is 5.92 Å². The van der Waals surface area contributed by atoms with E-state index in [1.807, 2.05) is 13.8 Å². The molecule has 1 aromatic heterocycles. The van der Waals surface area contributed by atoms with E-state index in [-0.39, 0.29) is 5.69 Å². The minimum atomic E-state index is -1.15. The summed E-state index contributed by atoms with van der Waals surface area (Å²) in [6.07, 6.45) is 1.29. The SMILES string of the molecule is CC(C)COc1ccc(-n2cc(C(=O)O)nn2)cc1C#N. The lowest BCUT2D eigenvalue weighted by Crippen LogP contribution is -2.06. The Morgan fingerprint density at radius 2 is 2.29 bits per heavy atom. The van der Waals surface area contributed by atoms with E-state index in [1.165, 1.54) is 10.9 Å². The molecule has 0 radical (unpaired) electrons. The smallest absolute Gasteiger partial charge is 0.358 e. The van der Waals surface area contributed by atoms with Gasteiger partial charge in [-0.2, -0.15) is 5.26 Å². The quantitative estimate of drug-likeness (QED) is 0.900. The Balaban J connectivity index is 2.29. The molecule has 0 atom stereocenters. The first-order valence-electron chi connectivity index (χ1n) is 6.34. The van der Waals surface area contributed by atoms with E-state index < -0.39 is 5.97 Å². The number of rotatable bonds is 5. The van der Waals surface area contributed by atoms with Crippen molar-refractivity contribution >= 4 is 5.97 Å². The van der Waals surface area contributed by atoms with E-state index >= 15 is 0 Å². The summed E-state index contributed by atoms with van der Waals surface area (Å²) in [4.78, 5) is 10.8. The van der Waals surface area contributed by atoms with Crippen molar-refractivity contribution in [3.8, 4) is 17.5 Å². The number of benzene rings is 1. The Kier molecular flexibility index (Phi) is 4.18. The average molecular weight is 286 g/mol. The summed E-state index contributed by atoms with van der Waals surface area (Å²) in [7, 11) is 0. The van der Waals surface area contributed by atoms with Crippen molar-refractivity contribution in [1.29, 1.82) is 5.26 Å². The van der Waals surface area contributed by atoms with Gasteiger partial charge in [-0.1, -0.05) is 19.1 Å². The number of aromatic nitrogens is 3. The molecule has 2 aromatic rings. The molecule has 1 aromatic carbocycles. The molecule has 7 nitrogen and oxygen atoms in total. The van der Waals surface area contributed by atoms with E-state index in [4.69, 9.17) is 9.84 Å². The highest BCUT2D eigenvalue weighted by atomic mass is 16.5. The molecule has 0 saturated carbocycles. The van der Waals surface area contributed by atoms with Crippen LogP contribution in [0.2, 0.25) is 0 Å². The largest absolute Gasteiger partial charge is 0.492 e. The van der Waals surface area contributed by atoms with Gasteiger partial charge in [-0.3, -0.25) is 0 Å². The molecule has 0 unspecified atom stereocenters. The van der Waals surface area contributed by atoms with E-state index in [0.29, 0.717) is 29.5 Å². The molecule has 21 heavy (non-hydrogen) atoms. The molecule has 0 aliphatic carbocycles. The van der Waals surface area contributed by atoms with E-state index in [2.05, 4.69) is 16.4 Å². The molecule has 0 saturated heterocycles. The number of carbonyl (C=O) groups is 1. The monoisotopic (exact) mass is 286 g/mol. The maximum absolute atomic E-state index is 10.8. The fourth-order valence-corrected chi connectivity index (χ4v) is 1.62. The standard InChI is InChI=1S/C14H14N4O3/c1-9(2)8-21-13-4-3-11(5-10(13)6-15)18-7-12(14(19)20)16-17-18/h3-5,7,9H,8H2,1-2H3,(H,19,20). The highest BCUT2D eigenvalue weighted by Crippen LogP contribution is 2.22. The normalized spacial score (nSPS) is 10.4. The Bertz CT molecular complexity index is 700. The van der Waals surface area contributed by atoms with Crippen molar-refractivity contribution in [3.63, 3.8) is 0 Å². The van der Waals surface area contributed by atoms with Crippen molar-refractivity contribution in [2.75, 3.05) is 6.61 Å². The third kappa shape index (κ3) is 3.36. The molecule has 0 amide bonds. The van der Waals surface area contributed by atoms with Crippen molar-refractivity contribution < 1.29 is 14.6 Å². The molecule has 2 rings (SSSR count). The lowest BCUT2D eigenvalue weighted by molar-refractivity contribution is 0.0690. The first kappa shape index (κ1) is 14.5. The van der Waals surface area contributed by atoms with E-state index in [0.717, 1.165) is 0 Å². The molecular weight excluding hydrogens is 272 g/mol. The molecule has 1 N–H and O–H groups in total. The van der Waals surface area contributed by atoms with Gasteiger partial charge in [0.25, 0.3) is 0 Å². The lowest BCUT2D eigenvalue weighted by atomic mass is 10.2. The second-order valence-electron chi connectivity index (χ2n) is 4.85. The van der Waals surface area contributed by atoms with Gasteiger partial charge in [0.1, 0.15) is 11.8 Å². The van der Waals surface area contributed by atoms with Crippen LogP contribution in [0.1, 0.15) is 29.9 Å². The molecular formula is C14H14N4O3. The number of nitrogens with zero attached hydrogens (tertiary/aromatic N) is 4. The average Bonchev–Trinajstić information content (AvgIpc) is 2.94. The van der Waals surface area contributed by atoms with Crippen LogP contribution in [0, 0.1) is 17.2 Å². The Morgan fingerprint density at radius 1 is 1.52 bits per heavy atom. The number of hydrogen-bond acceptors (Lipinski definition) is 5. The van der Waals surface area contributed by atoms with Gasteiger partial charge in [0, 0.05) is 0 Å². The Hall–Kier alpha value is -2.88. The summed E-state index contributed by atoms with van der Waals surface area (Å²) in [6, 6.07) is 6.99. The second kappa shape index (κ2) is 6.05. The highest BCUT2D eigenvalue weighted by Gasteiger charge is 2.11. The minimum Gasteiger partial charge on any atom is -0.492 e. The molecule has 7 heteroatoms. The second-order valence-corrected chi connectivity index (χ2v) is 4.85. The number of hydrogen-bond donors (Lipinski definition) is 1. The van der Waals surface area contributed by atoms with Gasteiger partial charge in [-0.05, 0) is 24.1 Å². The third-order valence-electron chi connectivity index (χ3n) is 2.63. The van der Waals surface area contributed by atoms with Gasteiger partial charge in [0.2, 0.25) is 0 Å². The van der Waals surface area contributed by atoms with Crippen molar-refractivity contribution in [1.82, 2.24) is 15.0 Å². The molecule has 0 aliphatic heterocycles. The summed E-state index contributed by atoms with van der Waals surface area (Å²) >= 11 is 0. The number of aromatic carboxylic acids is 1. The van der Waals surface area contributed by atoms with Crippen molar-refractivity contribution in [3.05, 3.63) is 35.7 Å². The van der Waals surface area contributed by atoms with Crippen LogP contribution in [-0.2, 0) is 0 Å². The summed E-state index contributed by atoms with van der Waals surface area (Å²) in [6.45, 7) is 4.55. The summed E-state index contributed by atoms with van der Waals surface area (Å²) in [5.41, 5.74) is 0.748. The zero-order chi connectivity index (χ0) is 15.4. The fourth-order valence-electron chi connectivity index (χ4n) is 1.62. The van der Waals surface area contributed by atoms with Gasteiger partial charge < -0.3 is 9.84 Å². The number of carboxylic acids is 1. The molecule has 108 valence electrons. The third-order valence-corrected chi connectivity index (χ3v) is 2.63. The van der Waals surface area contributed by atoms with Crippen LogP contribution < -0.4 is 4.74 Å². The highest BCUT2D eigenvalue weighted by molar-refractivity contribution is 5.84. The fraction of sp³-hybridized carbons (Fsp3) is 0.286. The van der Waals surface area contributed by atoms with Crippen LogP contribution in [0.25, 0.3) is 5.69 Å². The summed E-state index contributed by atoms with van der Waals surface area (Å²) in [5, 5.41) is 25.3. The first-order chi connectivity index (χ1) is 10.0. The van der Waals surface area contributed by atoms with Gasteiger partial charge in [0.05, 0.1) is 24.1 Å². The van der Waals surface area contributed by atoms with Crippen LogP contribution >= 0.6 is 0 Å². The minimum absolute atomic E-state index is 0.159. The van der Waals surface area contributed by atoms with Gasteiger partial charge in [-0.25, -0.2) is 9.48 Å². The van der Waals surface area contributed by atoms with E-state index in [9.17, 15) is 10.1 Å². The van der Waals surface area contributed by atoms with Crippen molar-refractivity contribution in [2.45, 2.75) is 13.8 Å². The summed E-state index contributed by atoms with van der Waals surface area (Å²) < 4.78 is 6.86. The maximum atomic E-state index is 10.8. The van der Waals surface area contributed by atoms with Crippen LogP contribution in [0.15, 0.2) is 24.4 Å². The maximum Gasteiger partial charge on any atom is 0.358 e. The molecule has 0 spiro atoms. The van der Waals surface area contributed by atoms with Crippen LogP contribution in [0.5, 0.6) is 5.75 Å². The number of carboxylic acid groups (broad SMARTS) is 1. The molecule has 0 bridgehead atoms. The van der Waals surface area contributed by atoms with Crippen LogP contribution in [-0.4, -0.2) is 32.7 Å². The van der Waals surface area contributed by atoms with Crippen LogP contribution in [0.3, 0.4) is 0 Å². The van der Waals surface area contributed by atoms with Gasteiger partial charge >= 0.3 is 5.97 Å². The van der Waals surface area contributed by atoms with Crippen LogP contribution in [0.4, 0.5) is 0 Å². The zero-order valence-corrected chi connectivity index (χ0v) is 11.6. The molecule has 0 fully saturated rings. The molecule has 1 heterocycles. The Morgan fingerprint density at radius 3 is 2.86 bits per heavy atom. The first-order valence-corrected chi connectivity index (χ1v) is 6.34. The number of nitriles is 1. The zero-order valence-electron chi connectivity index (χ0n) is 11.6.